The number of hydrogen-bond acceptors (Lipinski definition) is 9. The third kappa shape index (κ3) is 5.31. The van der Waals surface area contributed by atoms with Gasteiger partial charge in [0.2, 0.25) is 5.76 Å². The highest BCUT2D eigenvalue weighted by atomic mass is 32.2. The first kappa shape index (κ1) is 29.0. The smallest absolute Gasteiger partial charge is 0.452 e. The molecule has 0 spiro atoms. The Morgan fingerprint density at radius 3 is 2.59 bits per heavy atom. The summed E-state index contributed by atoms with van der Waals surface area (Å²) >= 11 is 0.590. The standard InChI is InChI=1S/C25H24F3N3O8S2/c1-31(19-8-5-11-37-19)22(34)38-14-23(15-6-3-2-4-7-15)13-24(23,21(32)33)30-41(35,36)20-10-9-17(40-20)16-12-18(39-29-16)25(26,27)28/h2-4,6-7,9-10,12,19,30H,5,8,11,13-14H2,1H3,(H,32,33)/t19-,23-,24+/m1/s1. The van der Waals surface area contributed by atoms with E-state index in [9.17, 15) is 36.3 Å². The van der Waals surface area contributed by atoms with Gasteiger partial charge in [-0.1, -0.05) is 35.5 Å². The normalized spacial score (nSPS) is 24.2. The maximum absolute atomic E-state index is 13.4. The lowest BCUT2D eigenvalue weighted by Crippen LogP contribution is -2.50. The van der Waals surface area contributed by atoms with Crippen LogP contribution in [-0.4, -0.2) is 67.7 Å². The van der Waals surface area contributed by atoms with Crippen LogP contribution in [0.5, 0.6) is 0 Å². The van der Waals surface area contributed by atoms with Crippen LogP contribution in [0, 0.1) is 0 Å². The number of carbonyl (C=O) groups is 2. The van der Waals surface area contributed by atoms with Crippen molar-refractivity contribution in [3.63, 3.8) is 0 Å². The number of aromatic nitrogens is 1. The van der Waals surface area contributed by atoms with Crippen LogP contribution in [0.1, 0.15) is 30.6 Å². The van der Waals surface area contributed by atoms with Crippen molar-refractivity contribution < 1.29 is 50.3 Å². The molecule has 11 nitrogen and oxygen atoms in total. The SMILES string of the molecule is CN(C(=O)OC[C@@]1(c2ccccc2)C[C@]1(NS(=O)(=O)c1ccc(-c2cc(C(F)(F)F)on2)s1)C(=O)O)[C@H]1CCCO1. The lowest BCUT2D eigenvalue weighted by atomic mass is 9.91. The highest BCUT2D eigenvalue weighted by Crippen LogP contribution is 2.59. The van der Waals surface area contributed by atoms with Gasteiger partial charge in [0.25, 0.3) is 10.0 Å². The van der Waals surface area contributed by atoms with Crippen molar-refractivity contribution in [1.29, 1.82) is 0 Å². The van der Waals surface area contributed by atoms with E-state index < -0.39 is 57.8 Å². The van der Waals surface area contributed by atoms with Gasteiger partial charge in [0.05, 0.1) is 10.3 Å². The number of carboxylic acid groups (broad SMARTS) is 1. The molecule has 2 aromatic heterocycles. The summed E-state index contributed by atoms with van der Waals surface area (Å²) in [7, 11) is -3.03. The Morgan fingerprint density at radius 2 is 1.98 bits per heavy atom. The Hall–Kier alpha value is -3.47. The molecule has 1 saturated heterocycles. The third-order valence-electron chi connectivity index (χ3n) is 7.21. The van der Waals surface area contributed by atoms with Crippen molar-refractivity contribution in [2.24, 2.45) is 0 Å². The summed E-state index contributed by atoms with van der Waals surface area (Å²) in [4.78, 5) is 26.8. The number of amides is 1. The van der Waals surface area contributed by atoms with E-state index in [0.29, 0.717) is 36.0 Å². The van der Waals surface area contributed by atoms with E-state index in [4.69, 9.17) is 9.47 Å². The number of halogens is 3. The number of sulfonamides is 1. The summed E-state index contributed by atoms with van der Waals surface area (Å²) in [5.41, 5.74) is -3.33. The number of hydrogen-bond donors (Lipinski definition) is 2. The van der Waals surface area contributed by atoms with E-state index in [1.54, 1.807) is 30.3 Å². The molecule has 2 N–H and O–H groups in total. The predicted molar refractivity (Wildman–Crippen MR) is 136 cm³/mol. The lowest BCUT2D eigenvalue weighted by Gasteiger charge is -2.27. The number of rotatable bonds is 9. The fourth-order valence-electron chi connectivity index (χ4n) is 4.91. The van der Waals surface area contributed by atoms with Gasteiger partial charge in [0.1, 0.15) is 28.3 Å². The van der Waals surface area contributed by atoms with Crippen LogP contribution in [0.25, 0.3) is 10.6 Å². The number of thiophene rings is 1. The fourth-order valence-corrected chi connectivity index (χ4v) is 7.59. The van der Waals surface area contributed by atoms with Gasteiger partial charge in [0.15, 0.2) is 0 Å². The quantitative estimate of drug-likeness (QED) is 0.363. The number of nitrogens with one attached hydrogen (secondary N) is 1. The van der Waals surface area contributed by atoms with Crippen molar-refractivity contribution in [1.82, 2.24) is 14.8 Å². The van der Waals surface area contributed by atoms with E-state index in [0.717, 1.165) is 12.5 Å². The summed E-state index contributed by atoms with van der Waals surface area (Å²) in [5, 5.41) is 13.7. The van der Waals surface area contributed by atoms with E-state index >= 15 is 0 Å². The lowest BCUT2D eigenvalue weighted by molar-refractivity contribution is -0.155. The number of benzene rings is 1. The molecule has 3 aromatic rings. The van der Waals surface area contributed by atoms with Crippen LogP contribution in [-0.2, 0) is 35.9 Å². The average Bonchev–Trinajstić information content (AvgIpc) is 3.50. The van der Waals surface area contributed by atoms with Gasteiger partial charge in [-0.05, 0) is 37.0 Å². The molecule has 3 atom stereocenters. The molecular formula is C25H24F3N3O8S2. The molecule has 0 bridgehead atoms. The first-order chi connectivity index (χ1) is 19.3. The molecule has 2 fully saturated rings. The summed E-state index contributed by atoms with van der Waals surface area (Å²) in [6, 6.07) is 11.2. The minimum absolute atomic E-state index is 0.0604. The number of alkyl halides is 3. The monoisotopic (exact) mass is 615 g/mol. The van der Waals surface area contributed by atoms with Crippen LogP contribution in [0.3, 0.4) is 0 Å². The molecule has 2 aliphatic rings. The first-order valence-electron chi connectivity index (χ1n) is 12.3. The van der Waals surface area contributed by atoms with Crippen LogP contribution in [0.4, 0.5) is 18.0 Å². The maximum Gasteiger partial charge on any atom is 0.452 e. The highest BCUT2D eigenvalue weighted by Gasteiger charge is 2.75. The van der Waals surface area contributed by atoms with E-state index in [2.05, 4.69) is 14.4 Å². The Labute approximate surface area is 235 Å². The molecule has 1 amide bonds. The molecule has 1 aliphatic carbocycles. The molecule has 0 unspecified atom stereocenters. The van der Waals surface area contributed by atoms with Crippen molar-refractivity contribution in [3.8, 4) is 10.6 Å². The van der Waals surface area contributed by atoms with Crippen LogP contribution in [0.2, 0.25) is 0 Å². The number of nitrogens with zero attached hydrogens (tertiary/aromatic N) is 2. The minimum atomic E-state index is -4.78. The number of carbonyl (C=O) groups excluding carboxylic acids is 1. The molecule has 5 rings (SSSR count). The average molecular weight is 616 g/mol. The Morgan fingerprint density at radius 1 is 1.24 bits per heavy atom. The zero-order valence-electron chi connectivity index (χ0n) is 21.4. The maximum atomic E-state index is 13.4. The molecule has 1 aromatic carbocycles. The number of ether oxygens (including phenoxy) is 2. The zero-order valence-corrected chi connectivity index (χ0v) is 23.0. The van der Waals surface area contributed by atoms with E-state index in [1.807, 2.05) is 0 Å². The predicted octanol–water partition coefficient (Wildman–Crippen LogP) is 4.07. The van der Waals surface area contributed by atoms with Crippen molar-refractivity contribution in [2.45, 2.75) is 46.8 Å². The van der Waals surface area contributed by atoms with E-state index in [-0.39, 0.29) is 21.2 Å². The summed E-state index contributed by atoms with van der Waals surface area (Å²) in [6.07, 6.45) is -4.86. The Balaban J connectivity index is 1.41. The van der Waals surface area contributed by atoms with Gasteiger partial charge in [-0.25, -0.2) is 13.2 Å². The van der Waals surface area contributed by atoms with Gasteiger partial charge in [-0.2, -0.15) is 17.9 Å². The first-order valence-corrected chi connectivity index (χ1v) is 14.6. The Kier molecular flexibility index (Phi) is 7.38. The minimum Gasteiger partial charge on any atom is -0.480 e. The van der Waals surface area contributed by atoms with Crippen molar-refractivity contribution >= 4 is 33.4 Å². The number of aliphatic carboxylic acids is 1. The van der Waals surface area contributed by atoms with Gasteiger partial charge in [-0.3, -0.25) is 9.69 Å². The van der Waals surface area contributed by atoms with Crippen molar-refractivity contribution in [2.75, 3.05) is 20.3 Å². The molecule has 41 heavy (non-hydrogen) atoms. The van der Waals surface area contributed by atoms with Gasteiger partial charge in [-0.15, -0.1) is 11.3 Å². The number of carboxylic acids is 1. The third-order valence-corrected chi connectivity index (χ3v) is 10.3. The van der Waals surface area contributed by atoms with Crippen LogP contribution in [0.15, 0.2) is 57.3 Å². The van der Waals surface area contributed by atoms with E-state index in [1.165, 1.54) is 18.0 Å². The summed E-state index contributed by atoms with van der Waals surface area (Å²) in [6.45, 7) is 0.0430. The molecular weight excluding hydrogens is 591 g/mol. The topological polar surface area (TPSA) is 148 Å². The van der Waals surface area contributed by atoms with Gasteiger partial charge in [0, 0.05) is 19.7 Å². The van der Waals surface area contributed by atoms with Crippen LogP contribution >= 0.6 is 11.3 Å². The second kappa shape index (κ2) is 10.4. The highest BCUT2D eigenvalue weighted by molar-refractivity contribution is 7.91. The van der Waals surface area contributed by atoms with Crippen molar-refractivity contribution in [3.05, 3.63) is 59.9 Å². The van der Waals surface area contributed by atoms with Crippen LogP contribution < -0.4 is 4.72 Å². The molecule has 220 valence electrons. The molecule has 1 aliphatic heterocycles. The Bertz CT molecular complexity index is 1550. The molecule has 16 heteroatoms. The summed E-state index contributed by atoms with van der Waals surface area (Å²) < 4.78 is 82.8. The zero-order chi connectivity index (χ0) is 29.6. The molecule has 0 radical (unpaired) electrons. The molecule has 3 heterocycles. The molecule has 1 saturated carbocycles. The van der Waals surface area contributed by atoms with Gasteiger partial charge < -0.3 is 19.1 Å². The fraction of sp³-hybridized carbons (Fsp3) is 0.400. The van der Waals surface area contributed by atoms with Gasteiger partial charge >= 0.3 is 18.2 Å². The second-order valence-corrected chi connectivity index (χ2v) is 12.8. The second-order valence-electron chi connectivity index (χ2n) is 9.77. The largest absolute Gasteiger partial charge is 0.480 e. The summed E-state index contributed by atoms with van der Waals surface area (Å²) in [5.74, 6) is -2.84.